The Kier molecular flexibility index (Phi) is 4.27. The van der Waals surface area contributed by atoms with Crippen LogP contribution < -0.4 is 0 Å². The van der Waals surface area contributed by atoms with E-state index in [-0.39, 0.29) is 5.82 Å². The molecule has 1 unspecified atom stereocenters. The summed E-state index contributed by atoms with van der Waals surface area (Å²) in [6.07, 6.45) is -0.717. The molecule has 18 heavy (non-hydrogen) atoms. The summed E-state index contributed by atoms with van der Waals surface area (Å²) in [5.41, 5.74) is 0.569. The fraction of sp³-hybridized carbons (Fsp3) is 0.143. The van der Waals surface area contributed by atoms with Crippen LogP contribution in [0.25, 0.3) is 0 Å². The number of rotatable bonds is 3. The van der Waals surface area contributed by atoms with E-state index in [1.54, 1.807) is 19.1 Å². The third-order valence-corrected chi connectivity index (χ3v) is 4.09. The van der Waals surface area contributed by atoms with Gasteiger partial charge in [-0.2, -0.15) is 0 Å². The number of hydrogen-bond acceptors (Lipinski definition) is 2. The van der Waals surface area contributed by atoms with E-state index < -0.39 is 6.10 Å². The summed E-state index contributed by atoms with van der Waals surface area (Å²) in [5.74, 6) is -0.352. The van der Waals surface area contributed by atoms with Gasteiger partial charge in [-0.3, -0.25) is 0 Å². The molecule has 1 nitrogen and oxygen atoms in total. The van der Waals surface area contributed by atoms with Crippen molar-refractivity contribution in [1.82, 2.24) is 0 Å². The van der Waals surface area contributed by atoms with Gasteiger partial charge in [0.15, 0.2) is 0 Å². The van der Waals surface area contributed by atoms with Gasteiger partial charge >= 0.3 is 0 Å². The molecule has 0 heterocycles. The standard InChI is InChI=1S/C14H12ClFOS/c1-9(17)11-8-10(16)6-7-13(11)18-14-5-3-2-4-12(14)15/h2-9,17H,1H3. The number of benzene rings is 2. The van der Waals surface area contributed by atoms with Crippen LogP contribution in [0.4, 0.5) is 4.39 Å². The Labute approximate surface area is 115 Å². The van der Waals surface area contributed by atoms with Crippen molar-refractivity contribution in [2.75, 3.05) is 0 Å². The minimum absolute atomic E-state index is 0.352. The van der Waals surface area contributed by atoms with E-state index in [4.69, 9.17) is 11.6 Å². The predicted octanol–water partition coefficient (Wildman–Crippen LogP) is 4.68. The summed E-state index contributed by atoms with van der Waals surface area (Å²) < 4.78 is 13.2. The first-order chi connectivity index (χ1) is 8.58. The maximum Gasteiger partial charge on any atom is 0.123 e. The molecule has 2 aromatic carbocycles. The van der Waals surface area contributed by atoms with Crippen LogP contribution in [0.5, 0.6) is 0 Å². The first-order valence-electron chi connectivity index (χ1n) is 5.48. The van der Waals surface area contributed by atoms with Crippen molar-refractivity contribution in [3.8, 4) is 0 Å². The molecule has 94 valence electrons. The number of aliphatic hydroxyl groups is 1. The van der Waals surface area contributed by atoms with Gasteiger partial charge in [-0.15, -0.1) is 0 Å². The SMILES string of the molecule is CC(O)c1cc(F)ccc1Sc1ccccc1Cl. The second-order valence-corrected chi connectivity index (χ2v) is 5.38. The quantitative estimate of drug-likeness (QED) is 0.882. The van der Waals surface area contributed by atoms with Gasteiger partial charge < -0.3 is 5.11 Å². The van der Waals surface area contributed by atoms with Crippen LogP contribution in [0.2, 0.25) is 5.02 Å². The molecule has 2 rings (SSSR count). The Hall–Kier alpha value is -1.03. The smallest absolute Gasteiger partial charge is 0.123 e. The highest BCUT2D eigenvalue weighted by Gasteiger charge is 2.11. The van der Waals surface area contributed by atoms with Gasteiger partial charge in [0.1, 0.15) is 5.82 Å². The van der Waals surface area contributed by atoms with Crippen molar-refractivity contribution >= 4 is 23.4 Å². The minimum atomic E-state index is -0.717. The van der Waals surface area contributed by atoms with Crippen LogP contribution in [0.3, 0.4) is 0 Å². The predicted molar refractivity (Wildman–Crippen MR) is 72.6 cm³/mol. The largest absolute Gasteiger partial charge is 0.389 e. The van der Waals surface area contributed by atoms with E-state index in [0.29, 0.717) is 10.6 Å². The summed E-state index contributed by atoms with van der Waals surface area (Å²) in [6.45, 7) is 1.62. The lowest BCUT2D eigenvalue weighted by Gasteiger charge is -2.12. The zero-order valence-corrected chi connectivity index (χ0v) is 11.3. The fourth-order valence-electron chi connectivity index (χ4n) is 1.58. The molecule has 0 spiro atoms. The third-order valence-electron chi connectivity index (χ3n) is 2.48. The zero-order chi connectivity index (χ0) is 13.1. The van der Waals surface area contributed by atoms with Crippen molar-refractivity contribution in [1.29, 1.82) is 0 Å². The normalized spacial score (nSPS) is 12.4. The van der Waals surface area contributed by atoms with Crippen LogP contribution in [-0.2, 0) is 0 Å². The van der Waals surface area contributed by atoms with Crippen LogP contribution in [0.1, 0.15) is 18.6 Å². The third kappa shape index (κ3) is 3.05. The number of hydrogen-bond donors (Lipinski definition) is 1. The van der Waals surface area contributed by atoms with Gasteiger partial charge in [-0.25, -0.2) is 4.39 Å². The van der Waals surface area contributed by atoms with Gasteiger partial charge in [0.05, 0.1) is 11.1 Å². The van der Waals surface area contributed by atoms with Gasteiger partial charge in [0.2, 0.25) is 0 Å². The van der Waals surface area contributed by atoms with Crippen LogP contribution in [0.15, 0.2) is 52.3 Å². The van der Waals surface area contributed by atoms with Crippen LogP contribution >= 0.6 is 23.4 Å². The molecule has 0 fully saturated rings. The maximum absolute atomic E-state index is 13.2. The van der Waals surface area contributed by atoms with E-state index in [0.717, 1.165) is 9.79 Å². The molecular formula is C14H12ClFOS. The second kappa shape index (κ2) is 5.74. The summed E-state index contributed by atoms with van der Waals surface area (Å²) >= 11 is 7.50. The minimum Gasteiger partial charge on any atom is -0.389 e. The summed E-state index contributed by atoms with van der Waals surface area (Å²) in [4.78, 5) is 1.69. The Morgan fingerprint density at radius 3 is 2.56 bits per heavy atom. The Bertz CT molecular complexity index is 557. The zero-order valence-electron chi connectivity index (χ0n) is 9.73. The molecule has 4 heteroatoms. The molecular weight excluding hydrogens is 271 g/mol. The maximum atomic E-state index is 13.2. The van der Waals surface area contributed by atoms with E-state index in [1.807, 2.05) is 18.2 Å². The monoisotopic (exact) mass is 282 g/mol. The average Bonchev–Trinajstić information content (AvgIpc) is 2.34. The van der Waals surface area contributed by atoms with Crippen molar-refractivity contribution in [3.63, 3.8) is 0 Å². The molecule has 0 aliphatic carbocycles. The first kappa shape index (κ1) is 13.4. The van der Waals surface area contributed by atoms with E-state index in [2.05, 4.69) is 0 Å². The highest BCUT2D eigenvalue weighted by Crippen LogP contribution is 2.37. The lowest BCUT2D eigenvalue weighted by atomic mass is 10.1. The van der Waals surface area contributed by atoms with E-state index in [9.17, 15) is 9.50 Å². The Morgan fingerprint density at radius 1 is 1.17 bits per heavy atom. The van der Waals surface area contributed by atoms with Crippen LogP contribution in [0, 0.1) is 5.82 Å². The molecule has 0 aliphatic heterocycles. The van der Waals surface area contributed by atoms with Gasteiger partial charge in [-0.1, -0.05) is 35.5 Å². The number of aliphatic hydroxyl groups excluding tert-OH is 1. The Balaban J connectivity index is 2.37. The molecule has 0 aliphatic rings. The molecule has 0 saturated heterocycles. The van der Waals surface area contributed by atoms with Gasteiger partial charge in [-0.05, 0) is 42.8 Å². The summed E-state index contributed by atoms with van der Waals surface area (Å²) in [5, 5.41) is 10.3. The molecule has 1 atom stereocenters. The van der Waals surface area contributed by atoms with Crippen molar-refractivity contribution in [3.05, 3.63) is 58.9 Å². The first-order valence-corrected chi connectivity index (χ1v) is 6.67. The molecule has 1 N–H and O–H groups in total. The summed E-state index contributed by atoms with van der Waals surface area (Å²) in [7, 11) is 0. The average molecular weight is 283 g/mol. The molecule has 0 aromatic heterocycles. The molecule has 2 aromatic rings. The highest BCUT2D eigenvalue weighted by molar-refractivity contribution is 7.99. The van der Waals surface area contributed by atoms with E-state index >= 15 is 0 Å². The topological polar surface area (TPSA) is 20.2 Å². The van der Waals surface area contributed by atoms with E-state index in [1.165, 1.54) is 23.9 Å². The van der Waals surface area contributed by atoms with Crippen molar-refractivity contribution in [2.45, 2.75) is 22.8 Å². The fourth-order valence-corrected chi connectivity index (χ4v) is 2.87. The van der Waals surface area contributed by atoms with Gasteiger partial charge in [0.25, 0.3) is 0 Å². The van der Waals surface area contributed by atoms with Gasteiger partial charge in [0, 0.05) is 9.79 Å². The second-order valence-electron chi connectivity index (χ2n) is 3.89. The van der Waals surface area contributed by atoms with Crippen molar-refractivity contribution in [2.24, 2.45) is 0 Å². The van der Waals surface area contributed by atoms with Crippen molar-refractivity contribution < 1.29 is 9.50 Å². The lowest BCUT2D eigenvalue weighted by Crippen LogP contribution is -1.95. The van der Waals surface area contributed by atoms with Crippen LogP contribution in [-0.4, -0.2) is 5.11 Å². The highest BCUT2D eigenvalue weighted by atomic mass is 35.5. The molecule has 0 bridgehead atoms. The molecule has 0 radical (unpaired) electrons. The Morgan fingerprint density at radius 2 is 1.89 bits per heavy atom. The molecule has 0 amide bonds. The number of halogens is 2. The summed E-state index contributed by atoms with van der Waals surface area (Å²) in [6, 6.07) is 11.8. The lowest BCUT2D eigenvalue weighted by molar-refractivity contribution is 0.196. The molecule has 0 saturated carbocycles.